The summed E-state index contributed by atoms with van der Waals surface area (Å²) in [6.07, 6.45) is 1.63. The number of carbonyl (C=O) groups excluding carboxylic acids is 2. The Balaban J connectivity index is 1.87. The van der Waals surface area contributed by atoms with Crippen LogP contribution in [-0.2, 0) is 14.3 Å². The largest absolute Gasteiger partial charge is 0.481 e. The predicted octanol–water partition coefficient (Wildman–Crippen LogP) is 3.93. The Labute approximate surface area is 190 Å². The molecule has 0 spiro atoms. The van der Waals surface area contributed by atoms with E-state index in [0.717, 1.165) is 4.47 Å². The van der Waals surface area contributed by atoms with E-state index in [1.165, 1.54) is 23.8 Å². The highest BCUT2D eigenvalue weighted by atomic mass is 79.9. The first-order valence-corrected chi connectivity index (χ1v) is 10.5. The maximum atomic E-state index is 12.7. The number of carboxylic acid groups (broad SMARTS) is 1. The van der Waals surface area contributed by atoms with Gasteiger partial charge in [-0.1, -0.05) is 15.9 Å². The van der Waals surface area contributed by atoms with E-state index in [1.807, 2.05) is 0 Å². The minimum absolute atomic E-state index is 0.251. The fourth-order valence-corrected chi connectivity index (χ4v) is 3.95. The van der Waals surface area contributed by atoms with Gasteiger partial charge in [-0.25, -0.2) is 14.6 Å². The molecule has 0 atom stereocenters. The fraction of sp³-hybridized carbons (Fsp3) is 0.143. The lowest BCUT2D eigenvalue weighted by Crippen LogP contribution is -2.23. The number of hydrogen-bond acceptors (Lipinski definition) is 7. The molecule has 160 valence electrons. The number of rotatable bonds is 6. The zero-order valence-electron chi connectivity index (χ0n) is 16.5. The normalized spacial score (nSPS) is 16.1. The van der Waals surface area contributed by atoms with Gasteiger partial charge in [0, 0.05) is 17.1 Å². The molecule has 0 aliphatic carbocycles. The van der Waals surface area contributed by atoms with Crippen molar-refractivity contribution in [1.82, 2.24) is 4.90 Å². The number of thioether (sulfide) groups is 1. The number of nitrogens with zero attached hydrogens (tertiary/aromatic N) is 2. The Kier molecular flexibility index (Phi) is 7.13. The van der Waals surface area contributed by atoms with Gasteiger partial charge < -0.3 is 14.6 Å². The molecule has 1 fully saturated rings. The van der Waals surface area contributed by atoms with Crippen molar-refractivity contribution in [3.05, 3.63) is 63.0 Å². The molecule has 3 rings (SSSR count). The van der Waals surface area contributed by atoms with Crippen molar-refractivity contribution < 1.29 is 29.0 Å². The van der Waals surface area contributed by atoms with Gasteiger partial charge in [0.25, 0.3) is 5.91 Å². The topological polar surface area (TPSA) is 106 Å². The first kappa shape index (κ1) is 22.6. The minimum Gasteiger partial charge on any atom is -0.481 e. The van der Waals surface area contributed by atoms with Crippen LogP contribution in [0.15, 0.2) is 56.8 Å². The second kappa shape index (κ2) is 9.80. The van der Waals surface area contributed by atoms with E-state index < -0.39 is 18.5 Å². The molecule has 1 N–H and O–H groups in total. The lowest BCUT2D eigenvalue weighted by Gasteiger charge is -2.08. The molecule has 0 aromatic heterocycles. The lowest BCUT2D eigenvalue weighted by molar-refractivity contribution is -0.139. The molecule has 1 aliphatic rings. The van der Waals surface area contributed by atoms with Crippen LogP contribution in [0.5, 0.6) is 5.75 Å². The number of benzene rings is 2. The standard InChI is InChI=1S/C21H17BrN2O6S/c1-24-19(27)17(10-13-9-14(22)5-8-16(13)30-11-18(25)26)31-21(24)23-15-6-3-12(4-7-15)20(28)29-2/h3-10H,11H2,1-2H3,(H,25,26). The molecule has 8 nitrogen and oxygen atoms in total. The van der Waals surface area contributed by atoms with Crippen molar-refractivity contribution >= 4 is 62.5 Å². The highest BCUT2D eigenvalue weighted by Gasteiger charge is 2.30. The van der Waals surface area contributed by atoms with Crippen LogP contribution in [0.1, 0.15) is 15.9 Å². The summed E-state index contributed by atoms with van der Waals surface area (Å²) < 4.78 is 10.8. The maximum absolute atomic E-state index is 12.7. The van der Waals surface area contributed by atoms with E-state index in [4.69, 9.17) is 9.84 Å². The Hall–Kier alpha value is -3.11. The van der Waals surface area contributed by atoms with E-state index in [0.29, 0.717) is 32.6 Å². The quantitative estimate of drug-likeness (QED) is 0.469. The van der Waals surface area contributed by atoms with Crippen LogP contribution in [0.4, 0.5) is 5.69 Å². The number of aliphatic imine (C=N–C) groups is 1. The first-order valence-electron chi connectivity index (χ1n) is 8.87. The number of halogens is 1. The Morgan fingerprint density at radius 3 is 2.58 bits per heavy atom. The number of aliphatic carboxylic acids is 1. The van der Waals surface area contributed by atoms with Gasteiger partial charge in [-0.3, -0.25) is 9.69 Å². The van der Waals surface area contributed by atoms with Crippen LogP contribution in [0.3, 0.4) is 0 Å². The second-order valence-electron chi connectivity index (χ2n) is 6.27. The third-order valence-corrected chi connectivity index (χ3v) is 5.68. The fourth-order valence-electron chi connectivity index (χ4n) is 2.60. The van der Waals surface area contributed by atoms with E-state index in [9.17, 15) is 14.4 Å². The number of carboxylic acids is 1. The molecule has 0 saturated carbocycles. The molecular weight excluding hydrogens is 488 g/mol. The molecule has 10 heteroatoms. The number of likely N-dealkylation sites (N-methyl/N-ethyl adjacent to an activating group) is 1. The lowest BCUT2D eigenvalue weighted by atomic mass is 10.2. The summed E-state index contributed by atoms with van der Waals surface area (Å²) in [4.78, 5) is 41.4. The molecule has 1 saturated heterocycles. The average molecular weight is 505 g/mol. The van der Waals surface area contributed by atoms with Crippen molar-refractivity contribution in [2.24, 2.45) is 4.99 Å². The summed E-state index contributed by atoms with van der Waals surface area (Å²) in [5.74, 6) is -1.45. The van der Waals surface area contributed by atoms with Gasteiger partial charge in [0.2, 0.25) is 0 Å². The van der Waals surface area contributed by atoms with E-state index in [-0.39, 0.29) is 5.91 Å². The Bertz CT molecular complexity index is 1100. The highest BCUT2D eigenvalue weighted by molar-refractivity contribution is 9.10. The predicted molar refractivity (Wildman–Crippen MR) is 120 cm³/mol. The smallest absolute Gasteiger partial charge is 0.341 e. The number of ether oxygens (including phenoxy) is 2. The molecule has 1 amide bonds. The third-order valence-electron chi connectivity index (χ3n) is 4.13. The second-order valence-corrected chi connectivity index (χ2v) is 8.20. The zero-order valence-corrected chi connectivity index (χ0v) is 18.9. The van der Waals surface area contributed by atoms with Crippen molar-refractivity contribution in [2.45, 2.75) is 0 Å². The van der Waals surface area contributed by atoms with Gasteiger partial charge in [-0.05, 0) is 60.3 Å². The molecule has 0 radical (unpaired) electrons. The summed E-state index contributed by atoms with van der Waals surface area (Å²) in [7, 11) is 2.92. The van der Waals surface area contributed by atoms with Gasteiger partial charge in [0.15, 0.2) is 11.8 Å². The summed E-state index contributed by atoms with van der Waals surface area (Å²) >= 11 is 4.55. The van der Waals surface area contributed by atoms with Crippen molar-refractivity contribution in [3.8, 4) is 5.75 Å². The first-order chi connectivity index (χ1) is 14.8. The maximum Gasteiger partial charge on any atom is 0.341 e. The number of carbonyl (C=O) groups is 3. The van der Waals surface area contributed by atoms with E-state index in [2.05, 4.69) is 25.7 Å². The molecule has 0 unspecified atom stereocenters. The van der Waals surface area contributed by atoms with Crippen LogP contribution in [0.25, 0.3) is 6.08 Å². The zero-order chi connectivity index (χ0) is 22.5. The SMILES string of the molecule is COC(=O)c1ccc(N=C2SC(=Cc3cc(Br)ccc3OCC(=O)O)C(=O)N2C)cc1. The summed E-state index contributed by atoms with van der Waals surface area (Å²) in [5, 5.41) is 9.32. The van der Waals surface area contributed by atoms with E-state index in [1.54, 1.807) is 55.6 Å². The van der Waals surface area contributed by atoms with Gasteiger partial charge in [-0.2, -0.15) is 0 Å². The third kappa shape index (κ3) is 5.53. The van der Waals surface area contributed by atoms with Crippen LogP contribution in [0.2, 0.25) is 0 Å². The monoisotopic (exact) mass is 504 g/mol. The summed E-state index contributed by atoms with van der Waals surface area (Å²) in [6.45, 7) is -0.493. The number of amidine groups is 1. The Morgan fingerprint density at radius 2 is 1.94 bits per heavy atom. The number of methoxy groups -OCH3 is 1. The Morgan fingerprint density at radius 1 is 1.23 bits per heavy atom. The molecule has 1 heterocycles. The van der Waals surface area contributed by atoms with Crippen LogP contribution in [-0.4, -0.2) is 53.8 Å². The number of amides is 1. The molecule has 31 heavy (non-hydrogen) atoms. The van der Waals surface area contributed by atoms with Crippen LogP contribution in [0, 0.1) is 0 Å². The van der Waals surface area contributed by atoms with Gasteiger partial charge in [0.05, 0.1) is 23.3 Å². The van der Waals surface area contributed by atoms with Crippen molar-refractivity contribution in [1.29, 1.82) is 0 Å². The molecule has 1 aliphatic heterocycles. The molecule has 2 aromatic carbocycles. The van der Waals surface area contributed by atoms with Crippen molar-refractivity contribution in [3.63, 3.8) is 0 Å². The van der Waals surface area contributed by atoms with Crippen molar-refractivity contribution in [2.75, 3.05) is 20.8 Å². The van der Waals surface area contributed by atoms with Gasteiger partial charge >= 0.3 is 11.9 Å². The molecular formula is C21H17BrN2O6S. The summed E-state index contributed by atoms with van der Waals surface area (Å²) in [5.41, 5.74) is 1.53. The average Bonchev–Trinajstić information content (AvgIpc) is 3.00. The highest BCUT2D eigenvalue weighted by Crippen LogP contribution is 2.35. The number of esters is 1. The van der Waals surface area contributed by atoms with Crippen LogP contribution < -0.4 is 4.74 Å². The van der Waals surface area contributed by atoms with Crippen LogP contribution >= 0.6 is 27.7 Å². The molecule has 0 bridgehead atoms. The summed E-state index contributed by atoms with van der Waals surface area (Å²) in [6, 6.07) is 11.6. The number of hydrogen-bond donors (Lipinski definition) is 1. The molecule has 2 aromatic rings. The van der Waals surface area contributed by atoms with E-state index >= 15 is 0 Å². The minimum atomic E-state index is -1.10. The van der Waals surface area contributed by atoms with Gasteiger partial charge in [-0.15, -0.1) is 0 Å². The van der Waals surface area contributed by atoms with Gasteiger partial charge in [0.1, 0.15) is 5.75 Å².